The highest BCUT2D eigenvalue weighted by Gasteiger charge is 2.23. The minimum Gasteiger partial charge on any atom is -0.201 e. The fourth-order valence-electron chi connectivity index (χ4n) is 3.34. The fraction of sp³-hybridized carbons (Fsp3) is 0.522. The van der Waals surface area contributed by atoms with Crippen molar-refractivity contribution in [2.45, 2.75) is 61.3 Å². The van der Waals surface area contributed by atoms with E-state index in [4.69, 9.17) is 0 Å². The molecule has 0 N–H and O–H groups in total. The molecule has 0 saturated carbocycles. The third-order valence-corrected chi connectivity index (χ3v) is 4.32. The van der Waals surface area contributed by atoms with Gasteiger partial charge in [-0.25, -0.2) is 4.57 Å². The second-order valence-electron chi connectivity index (χ2n) is 9.61. The van der Waals surface area contributed by atoms with Gasteiger partial charge >= 0.3 is 0 Å². The first kappa shape index (κ1) is 18.7. The van der Waals surface area contributed by atoms with Gasteiger partial charge in [0.25, 0.3) is 0 Å². The smallest absolute Gasteiger partial charge is 0.201 e. The summed E-state index contributed by atoms with van der Waals surface area (Å²) in [5.74, 6) is 0. The van der Waals surface area contributed by atoms with Crippen LogP contribution in [0.2, 0.25) is 0 Å². The van der Waals surface area contributed by atoms with Crippen LogP contribution in [0.15, 0.2) is 36.5 Å². The minimum atomic E-state index is 0.287. The predicted octanol–water partition coefficient (Wildman–Crippen LogP) is 5.66. The Morgan fingerprint density at radius 1 is 0.833 bits per heavy atom. The molecule has 0 aliphatic rings. The van der Waals surface area contributed by atoms with Crippen molar-refractivity contribution in [2.24, 2.45) is 17.9 Å². The Hall–Kier alpha value is -1.63. The SMILES string of the molecule is Cc1ccccc1-c1cc(CC(C)(C)C)c(CC(C)(C)C)c[n+]1C. The molecule has 0 aliphatic carbocycles. The minimum absolute atomic E-state index is 0.287. The van der Waals surface area contributed by atoms with E-state index < -0.39 is 0 Å². The Kier molecular flexibility index (Phi) is 5.22. The summed E-state index contributed by atoms with van der Waals surface area (Å²) in [6, 6.07) is 11.1. The molecule has 1 aromatic heterocycles. The van der Waals surface area contributed by atoms with Gasteiger partial charge in [0, 0.05) is 17.2 Å². The molecule has 0 bridgehead atoms. The molecule has 1 heterocycles. The quantitative estimate of drug-likeness (QED) is 0.641. The van der Waals surface area contributed by atoms with E-state index in [1.165, 1.54) is 27.9 Å². The van der Waals surface area contributed by atoms with E-state index in [0.717, 1.165) is 12.8 Å². The van der Waals surface area contributed by atoms with Crippen molar-refractivity contribution in [2.75, 3.05) is 0 Å². The van der Waals surface area contributed by atoms with E-state index in [1.54, 1.807) is 0 Å². The van der Waals surface area contributed by atoms with Crippen LogP contribution in [0.4, 0.5) is 0 Å². The fourth-order valence-corrected chi connectivity index (χ4v) is 3.34. The van der Waals surface area contributed by atoms with Crippen LogP contribution in [0.1, 0.15) is 58.2 Å². The molecule has 1 nitrogen and oxygen atoms in total. The molecule has 0 radical (unpaired) electrons. The Labute approximate surface area is 148 Å². The van der Waals surface area contributed by atoms with Crippen molar-refractivity contribution in [1.29, 1.82) is 0 Å². The molecule has 130 valence electrons. The van der Waals surface area contributed by atoms with Crippen molar-refractivity contribution in [3.63, 3.8) is 0 Å². The normalized spacial score (nSPS) is 12.5. The van der Waals surface area contributed by atoms with Gasteiger partial charge in [-0.15, -0.1) is 0 Å². The van der Waals surface area contributed by atoms with Gasteiger partial charge in [-0.05, 0) is 47.8 Å². The summed E-state index contributed by atoms with van der Waals surface area (Å²) < 4.78 is 2.30. The van der Waals surface area contributed by atoms with Gasteiger partial charge < -0.3 is 0 Å². The Morgan fingerprint density at radius 3 is 1.92 bits per heavy atom. The lowest BCUT2D eigenvalue weighted by atomic mass is 9.81. The summed E-state index contributed by atoms with van der Waals surface area (Å²) in [5.41, 5.74) is 7.53. The molecule has 1 aromatic carbocycles. The van der Waals surface area contributed by atoms with E-state index in [0.29, 0.717) is 5.41 Å². The number of pyridine rings is 1. The van der Waals surface area contributed by atoms with E-state index in [2.05, 4.69) is 96.6 Å². The highest BCUT2D eigenvalue weighted by atomic mass is 14.9. The summed E-state index contributed by atoms with van der Waals surface area (Å²) >= 11 is 0. The number of benzene rings is 1. The largest absolute Gasteiger partial charge is 0.212 e. The van der Waals surface area contributed by atoms with Crippen molar-refractivity contribution in [3.05, 3.63) is 53.2 Å². The number of aromatic nitrogens is 1. The van der Waals surface area contributed by atoms with Gasteiger partial charge in [-0.1, -0.05) is 59.7 Å². The van der Waals surface area contributed by atoms with Crippen LogP contribution >= 0.6 is 0 Å². The first-order valence-electron chi connectivity index (χ1n) is 9.04. The Morgan fingerprint density at radius 2 is 1.38 bits per heavy atom. The van der Waals surface area contributed by atoms with Crippen LogP contribution in [-0.2, 0) is 19.9 Å². The monoisotopic (exact) mass is 324 g/mol. The number of hydrogen-bond acceptors (Lipinski definition) is 0. The third kappa shape index (κ3) is 4.93. The molecular weight excluding hydrogens is 290 g/mol. The zero-order valence-corrected chi connectivity index (χ0v) is 16.8. The summed E-state index contributed by atoms with van der Waals surface area (Å²) in [7, 11) is 2.18. The van der Waals surface area contributed by atoms with Crippen LogP contribution in [-0.4, -0.2) is 0 Å². The summed E-state index contributed by atoms with van der Waals surface area (Å²) in [6.45, 7) is 16.1. The molecule has 1 heteroatoms. The maximum atomic E-state index is 2.43. The zero-order chi connectivity index (χ0) is 18.1. The van der Waals surface area contributed by atoms with E-state index >= 15 is 0 Å². The van der Waals surface area contributed by atoms with Crippen molar-refractivity contribution < 1.29 is 4.57 Å². The van der Waals surface area contributed by atoms with Crippen LogP contribution < -0.4 is 4.57 Å². The number of aryl methyl sites for hydroxylation is 2. The molecule has 0 atom stereocenters. The topological polar surface area (TPSA) is 3.88 Å². The number of rotatable bonds is 3. The number of nitrogens with zero attached hydrogens (tertiary/aromatic N) is 1. The lowest BCUT2D eigenvalue weighted by Crippen LogP contribution is -2.33. The second kappa shape index (κ2) is 6.70. The highest BCUT2D eigenvalue weighted by Crippen LogP contribution is 2.30. The number of hydrogen-bond donors (Lipinski definition) is 0. The zero-order valence-electron chi connectivity index (χ0n) is 16.8. The standard InChI is InChI=1S/C23H34N/c1-17-11-9-10-12-20(17)21-13-18(14-22(2,3)4)19(16-24(21)8)15-23(5,6)7/h9-13,16H,14-15H2,1-8H3/q+1. The van der Waals surface area contributed by atoms with Gasteiger partial charge in [0.15, 0.2) is 6.20 Å². The van der Waals surface area contributed by atoms with Gasteiger partial charge in [0.05, 0.1) is 0 Å². The third-order valence-electron chi connectivity index (χ3n) is 4.32. The lowest BCUT2D eigenvalue weighted by molar-refractivity contribution is -0.660. The van der Waals surface area contributed by atoms with E-state index in [9.17, 15) is 0 Å². The molecule has 2 rings (SSSR count). The van der Waals surface area contributed by atoms with E-state index in [-0.39, 0.29) is 5.41 Å². The summed E-state index contributed by atoms with van der Waals surface area (Å²) in [5, 5.41) is 0. The first-order chi connectivity index (χ1) is 11.0. The Balaban J connectivity index is 2.59. The van der Waals surface area contributed by atoms with Gasteiger partial charge in [-0.3, -0.25) is 0 Å². The molecule has 0 unspecified atom stereocenters. The molecule has 0 fully saturated rings. The first-order valence-corrected chi connectivity index (χ1v) is 9.04. The second-order valence-corrected chi connectivity index (χ2v) is 9.61. The van der Waals surface area contributed by atoms with Gasteiger partial charge in [0.2, 0.25) is 5.69 Å². The summed E-state index contributed by atoms with van der Waals surface area (Å²) in [4.78, 5) is 0. The molecule has 0 amide bonds. The lowest BCUT2D eigenvalue weighted by Gasteiger charge is -2.24. The van der Waals surface area contributed by atoms with Gasteiger partial charge in [-0.2, -0.15) is 0 Å². The summed E-state index contributed by atoms with van der Waals surface area (Å²) in [6.07, 6.45) is 4.58. The van der Waals surface area contributed by atoms with Gasteiger partial charge in [0.1, 0.15) is 7.05 Å². The molecule has 0 saturated heterocycles. The van der Waals surface area contributed by atoms with Crippen molar-refractivity contribution in [1.82, 2.24) is 0 Å². The molecular formula is C23H34N+. The van der Waals surface area contributed by atoms with Crippen molar-refractivity contribution in [3.8, 4) is 11.3 Å². The van der Waals surface area contributed by atoms with Crippen LogP contribution in [0.25, 0.3) is 11.3 Å². The highest BCUT2D eigenvalue weighted by molar-refractivity contribution is 5.61. The Bertz CT molecular complexity index is 712. The molecule has 0 spiro atoms. The molecule has 2 aromatic rings. The average Bonchev–Trinajstić information content (AvgIpc) is 2.39. The van der Waals surface area contributed by atoms with E-state index in [1.807, 2.05) is 0 Å². The molecule has 0 aliphatic heterocycles. The maximum absolute atomic E-state index is 2.43. The van der Waals surface area contributed by atoms with Crippen LogP contribution in [0.5, 0.6) is 0 Å². The maximum Gasteiger partial charge on any atom is 0.212 e. The van der Waals surface area contributed by atoms with Crippen LogP contribution in [0.3, 0.4) is 0 Å². The average molecular weight is 325 g/mol. The predicted molar refractivity (Wildman–Crippen MR) is 104 cm³/mol. The molecule has 24 heavy (non-hydrogen) atoms. The van der Waals surface area contributed by atoms with Crippen molar-refractivity contribution >= 4 is 0 Å². The van der Waals surface area contributed by atoms with Crippen LogP contribution in [0, 0.1) is 17.8 Å².